The fourth-order valence-corrected chi connectivity index (χ4v) is 3.76. The Morgan fingerprint density at radius 2 is 2.39 bits per heavy atom. The second-order valence-electron chi connectivity index (χ2n) is 4.84. The summed E-state index contributed by atoms with van der Waals surface area (Å²) in [6.07, 6.45) is 6.56. The van der Waals surface area contributed by atoms with E-state index in [2.05, 4.69) is 11.9 Å². The number of pyridine rings is 1. The van der Waals surface area contributed by atoms with Gasteiger partial charge in [0.1, 0.15) is 10.8 Å². The monoisotopic (exact) mass is 259 g/mol. The van der Waals surface area contributed by atoms with Gasteiger partial charge in [0.15, 0.2) is 0 Å². The zero-order chi connectivity index (χ0) is 12.5. The van der Waals surface area contributed by atoms with Gasteiger partial charge in [0, 0.05) is 11.1 Å². The average Bonchev–Trinajstić information content (AvgIpc) is 2.81. The summed E-state index contributed by atoms with van der Waals surface area (Å²) >= 11 is 1.79. The van der Waals surface area contributed by atoms with Crippen LogP contribution in [0.5, 0.6) is 0 Å². The van der Waals surface area contributed by atoms with E-state index in [1.807, 2.05) is 12.1 Å². The zero-order valence-electron chi connectivity index (χ0n) is 10.5. The molecule has 94 valence electrons. The standard InChI is InChI=1S/C14H17N3S/c1-2-9-5-6-11-12(8-9)18-14(17-11)10-4-3-7-16-13(10)15/h3-4,7,9H,2,5-6,8H2,1H3,(H2,15,16). The van der Waals surface area contributed by atoms with Crippen molar-refractivity contribution in [3.05, 3.63) is 28.9 Å². The Labute approximate surface area is 111 Å². The van der Waals surface area contributed by atoms with E-state index >= 15 is 0 Å². The number of aromatic nitrogens is 2. The van der Waals surface area contributed by atoms with Gasteiger partial charge in [-0.15, -0.1) is 11.3 Å². The molecule has 18 heavy (non-hydrogen) atoms. The van der Waals surface area contributed by atoms with Crippen molar-refractivity contribution in [1.82, 2.24) is 9.97 Å². The molecule has 0 fully saturated rings. The van der Waals surface area contributed by atoms with Gasteiger partial charge >= 0.3 is 0 Å². The lowest BCUT2D eigenvalue weighted by molar-refractivity contribution is 0.446. The minimum absolute atomic E-state index is 0.579. The first kappa shape index (κ1) is 11.7. The number of hydrogen-bond acceptors (Lipinski definition) is 4. The third-order valence-electron chi connectivity index (χ3n) is 3.69. The van der Waals surface area contributed by atoms with Crippen LogP contribution in [0.15, 0.2) is 18.3 Å². The van der Waals surface area contributed by atoms with Crippen LogP contribution >= 0.6 is 11.3 Å². The molecule has 4 heteroatoms. The first-order chi connectivity index (χ1) is 8.78. The number of anilines is 1. The quantitative estimate of drug-likeness (QED) is 0.900. The predicted octanol–water partition coefficient (Wildman–Crippen LogP) is 3.30. The highest BCUT2D eigenvalue weighted by Gasteiger charge is 2.22. The first-order valence-electron chi connectivity index (χ1n) is 6.47. The van der Waals surface area contributed by atoms with Crippen molar-refractivity contribution in [3.8, 4) is 10.6 Å². The van der Waals surface area contributed by atoms with E-state index < -0.39 is 0 Å². The topological polar surface area (TPSA) is 51.8 Å². The highest BCUT2D eigenvalue weighted by Crippen LogP contribution is 2.36. The van der Waals surface area contributed by atoms with Crippen molar-refractivity contribution >= 4 is 17.2 Å². The molecule has 1 aliphatic carbocycles. The number of thiazole rings is 1. The second kappa shape index (κ2) is 4.69. The van der Waals surface area contributed by atoms with Crippen LogP contribution in [-0.2, 0) is 12.8 Å². The lowest BCUT2D eigenvalue weighted by atomic mass is 9.89. The maximum Gasteiger partial charge on any atom is 0.133 e. The molecule has 1 atom stereocenters. The maximum atomic E-state index is 5.92. The molecule has 1 aliphatic rings. The molecule has 1 unspecified atom stereocenters. The van der Waals surface area contributed by atoms with Gasteiger partial charge in [-0.2, -0.15) is 0 Å². The number of aryl methyl sites for hydroxylation is 1. The largest absolute Gasteiger partial charge is 0.383 e. The van der Waals surface area contributed by atoms with E-state index in [9.17, 15) is 0 Å². The fraction of sp³-hybridized carbons (Fsp3) is 0.429. The summed E-state index contributed by atoms with van der Waals surface area (Å²) in [5.41, 5.74) is 8.18. The predicted molar refractivity (Wildman–Crippen MR) is 75.6 cm³/mol. The molecule has 0 bridgehead atoms. The van der Waals surface area contributed by atoms with E-state index in [0.29, 0.717) is 5.82 Å². The van der Waals surface area contributed by atoms with E-state index in [1.54, 1.807) is 17.5 Å². The van der Waals surface area contributed by atoms with Crippen molar-refractivity contribution in [2.24, 2.45) is 5.92 Å². The molecule has 0 radical (unpaired) electrons. The Morgan fingerprint density at radius 1 is 1.50 bits per heavy atom. The summed E-state index contributed by atoms with van der Waals surface area (Å²) in [7, 11) is 0. The Bertz CT molecular complexity index is 562. The van der Waals surface area contributed by atoms with Crippen LogP contribution in [0.25, 0.3) is 10.6 Å². The van der Waals surface area contributed by atoms with Crippen molar-refractivity contribution in [3.63, 3.8) is 0 Å². The van der Waals surface area contributed by atoms with Gasteiger partial charge in [0.2, 0.25) is 0 Å². The Morgan fingerprint density at radius 3 is 3.17 bits per heavy atom. The number of rotatable bonds is 2. The minimum Gasteiger partial charge on any atom is -0.383 e. The summed E-state index contributed by atoms with van der Waals surface area (Å²) < 4.78 is 0. The molecule has 0 spiro atoms. The summed E-state index contributed by atoms with van der Waals surface area (Å²) in [6.45, 7) is 2.27. The Balaban J connectivity index is 1.97. The zero-order valence-corrected chi connectivity index (χ0v) is 11.3. The molecule has 2 aromatic heterocycles. The van der Waals surface area contributed by atoms with Crippen molar-refractivity contribution < 1.29 is 0 Å². The molecular weight excluding hydrogens is 242 g/mol. The highest BCUT2D eigenvalue weighted by molar-refractivity contribution is 7.15. The number of nitrogens with zero attached hydrogens (tertiary/aromatic N) is 2. The van der Waals surface area contributed by atoms with Gasteiger partial charge < -0.3 is 5.73 Å². The summed E-state index contributed by atoms with van der Waals surface area (Å²) in [5.74, 6) is 1.41. The second-order valence-corrected chi connectivity index (χ2v) is 5.93. The molecule has 0 saturated heterocycles. The Hall–Kier alpha value is -1.42. The van der Waals surface area contributed by atoms with Crippen LogP contribution in [0.4, 0.5) is 5.82 Å². The molecule has 0 amide bonds. The molecule has 0 aliphatic heterocycles. The van der Waals surface area contributed by atoms with Crippen LogP contribution in [0.3, 0.4) is 0 Å². The van der Waals surface area contributed by atoms with E-state index in [1.165, 1.54) is 29.8 Å². The molecule has 3 nitrogen and oxygen atoms in total. The smallest absolute Gasteiger partial charge is 0.133 e. The van der Waals surface area contributed by atoms with Gasteiger partial charge in [0.05, 0.1) is 11.3 Å². The molecule has 2 aromatic rings. The maximum absolute atomic E-state index is 5.92. The number of fused-ring (bicyclic) bond motifs is 1. The lowest BCUT2D eigenvalue weighted by Crippen LogP contribution is -2.11. The van der Waals surface area contributed by atoms with Crippen LogP contribution < -0.4 is 5.73 Å². The number of hydrogen-bond donors (Lipinski definition) is 1. The third-order valence-corrected chi connectivity index (χ3v) is 4.84. The van der Waals surface area contributed by atoms with Crippen LogP contribution in [0.2, 0.25) is 0 Å². The SMILES string of the molecule is CCC1CCc2nc(-c3cccnc3N)sc2C1. The fourth-order valence-electron chi connectivity index (χ4n) is 2.51. The van der Waals surface area contributed by atoms with E-state index in [4.69, 9.17) is 10.7 Å². The van der Waals surface area contributed by atoms with Gasteiger partial charge in [0.25, 0.3) is 0 Å². The third kappa shape index (κ3) is 2.01. The average molecular weight is 259 g/mol. The molecule has 0 saturated carbocycles. The van der Waals surface area contributed by atoms with Crippen molar-refractivity contribution in [2.45, 2.75) is 32.6 Å². The highest BCUT2D eigenvalue weighted by atomic mass is 32.1. The number of nitrogen functional groups attached to an aromatic ring is 1. The molecule has 2 N–H and O–H groups in total. The van der Waals surface area contributed by atoms with Crippen LogP contribution in [-0.4, -0.2) is 9.97 Å². The number of nitrogens with two attached hydrogens (primary N) is 1. The summed E-state index contributed by atoms with van der Waals surface area (Å²) in [6, 6.07) is 3.92. The molecule has 2 heterocycles. The molecular formula is C14H17N3S. The van der Waals surface area contributed by atoms with E-state index in [0.717, 1.165) is 22.9 Å². The van der Waals surface area contributed by atoms with E-state index in [-0.39, 0.29) is 0 Å². The van der Waals surface area contributed by atoms with Crippen molar-refractivity contribution in [2.75, 3.05) is 5.73 Å². The van der Waals surface area contributed by atoms with Crippen LogP contribution in [0.1, 0.15) is 30.3 Å². The normalized spacial score (nSPS) is 18.6. The molecule has 0 aromatic carbocycles. The van der Waals surface area contributed by atoms with Gasteiger partial charge in [-0.1, -0.05) is 13.3 Å². The lowest BCUT2D eigenvalue weighted by Gasteiger charge is -2.18. The van der Waals surface area contributed by atoms with Gasteiger partial charge in [-0.25, -0.2) is 9.97 Å². The summed E-state index contributed by atoms with van der Waals surface area (Å²) in [4.78, 5) is 10.3. The Kier molecular flexibility index (Phi) is 3.04. The summed E-state index contributed by atoms with van der Waals surface area (Å²) in [5, 5.41) is 1.03. The van der Waals surface area contributed by atoms with Crippen molar-refractivity contribution in [1.29, 1.82) is 0 Å². The van der Waals surface area contributed by atoms with Gasteiger partial charge in [-0.05, 0) is 37.3 Å². The molecule has 3 rings (SSSR count). The van der Waals surface area contributed by atoms with Gasteiger partial charge in [-0.3, -0.25) is 0 Å². The van der Waals surface area contributed by atoms with Crippen LogP contribution in [0, 0.1) is 5.92 Å². The minimum atomic E-state index is 0.579. The first-order valence-corrected chi connectivity index (χ1v) is 7.29.